The first kappa shape index (κ1) is 12.2. The number of hydrogen-bond donors (Lipinski definition) is 2. The maximum atomic E-state index is 10.9. The summed E-state index contributed by atoms with van der Waals surface area (Å²) in [6.45, 7) is 1.84. The number of carbonyl (C=O) groups is 1. The summed E-state index contributed by atoms with van der Waals surface area (Å²) in [5, 5.41) is 8.98. The van der Waals surface area contributed by atoms with Gasteiger partial charge < -0.3 is 10.1 Å². The molecule has 2 rings (SSSR count). The summed E-state index contributed by atoms with van der Waals surface area (Å²) >= 11 is 0. The molecule has 0 unspecified atom stereocenters. The number of aromatic nitrogens is 1. The van der Waals surface area contributed by atoms with Crippen LogP contribution in [-0.2, 0) is 4.79 Å². The van der Waals surface area contributed by atoms with Crippen LogP contribution >= 0.6 is 0 Å². The molecule has 0 fully saturated rings. The van der Waals surface area contributed by atoms with Gasteiger partial charge in [-0.3, -0.25) is 0 Å². The number of rotatable bonds is 4. The molecule has 0 atom stereocenters. The Hall–Kier alpha value is -2.29. The summed E-state index contributed by atoms with van der Waals surface area (Å²) in [5.41, 5.74) is 3.37. The molecule has 2 aromatic rings. The fourth-order valence-electron chi connectivity index (χ4n) is 1.80. The van der Waals surface area contributed by atoms with Gasteiger partial charge >= 0.3 is 5.97 Å². The highest BCUT2D eigenvalue weighted by Gasteiger charge is 2.05. The van der Waals surface area contributed by atoms with Crippen molar-refractivity contribution in [3.8, 4) is 11.3 Å². The van der Waals surface area contributed by atoms with Gasteiger partial charge in [0.15, 0.2) is 0 Å². The molecule has 0 spiro atoms. The quantitative estimate of drug-likeness (QED) is 0.804. The summed E-state index contributed by atoms with van der Waals surface area (Å²) in [4.78, 5) is 14.1. The molecule has 92 valence electrons. The Morgan fingerprint density at radius 1 is 1.33 bits per heavy atom. The van der Waals surface area contributed by atoms with Crippen LogP contribution in [0.5, 0.6) is 0 Å². The first-order valence-electron chi connectivity index (χ1n) is 5.88. The normalized spacial score (nSPS) is 11.5. The lowest BCUT2D eigenvalue weighted by molar-refractivity contribution is -0.132. The molecule has 0 saturated heterocycles. The average Bonchev–Trinajstić information content (AvgIpc) is 2.85. The third-order valence-corrected chi connectivity index (χ3v) is 2.79. The summed E-state index contributed by atoms with van der Waals surface area (Å²) in [5.74, 6) is -0.861. The summed E-state index contributed by atoms with van der Waals surface area (Å²) in [6, 6.07) is 11.9. The van der Waals surface area contributed by atoms with E-state index in [9.17, 15) is 4.79 Å². The second-order valence-electron chi connectivity index (χ2n) is 4.04. The number of carboxylic acid groups (broad SMARTS) is 1. The third kappa shape index (κ3) is 2.69. The van der Waals surface area contributed by atoms with Gasteiger partial charge in [-0.15, -0.1) is 0 Å². The number of hydrogen-bond acceptors (Lipinski definition) is 1. The van der Waals surface area contributed by atoms with Crippen molar-refractivity contribution in [2.24, 2.45) is 0 Å². The zero-order valence-corrected chi connectivity index (χ0v) is 10.2. The van der Waals surface area contributed by atoms with Gasteiger partial charge in [0.1, 0.15) is 0 Å². The molecule has 1 aromatic carbocycles. The van der Waals surface area contributed by atoms with Gasteiger partial charge in [-0.25, -0.2) is 4.79 Å². The van der Waals surface area contributed by atoms with E-state index in [0.717, 1.165) is 16.8 Å². The van der Waals surface area contributed by atoms with Crippen LogP contribution in [0, 0.1) is 0 Å². The van der Waals surface area contributed by atoms with Gasteiger partial charge in [-0.1, -0.05) is 37.3 Å². The van der Waals surface area contributed by atoms with E-state index in [-0.39, 0.29) is 0 Å². The van der Waals surface area contributed by atoms with Gasteiger partial charge in [0.05, 0.1) is 0 Å². The van der Waals surface area contributed by atoms with E-state index in [1.165, 1.54) is 0 Å². The van der Waals surface area contributed by atoms with Crippen LogP contribution in [0.2, 0.25) is 0 Å². The molecule has 2 N–H and O–H groups in total. The first-order chi connectivity index (χ1) is 8.70. The van der Waals surface area contributed by atoms with Crippen molar-refractivity contribution >= 4 is 12.0 Å². The van der Waals surface area contributed by atoms with Crippen LogP contribution in [0.25, 0.3) is 17.3 Å². The topological polar surface area (TPSA) is 53.1 Å². The number of benzene rings is 1. The Kier molecular flexibility index (Phi) is 3.63. The van der Waals surface area contributed by atoms with E-state index >= 15 is 0 Å². The lowest BCUT2D eigenvalue weighted by Gasteiger charge is -1.96. The van der Waals surface area contributed by atoms with Crippen LogP contribution in [-0.4, -0.2) is 16.1 Å². The third-order valence-electron chi connectivity index (χ3n) is 2.79. The highest BCUT2D eigenvalue weighted by molar-refractivity contribution is 5.92. The van der Waals surface area contributed by atoms with E-state index in [0.29, 0.717) is 12.0 Å². The van der Waals surface area contributed by atoms with Gasteiger partial charge in [-0.05, 0) is 29.7 Å². The molecule has 3 heteroatoms. The molecule has 0 saturated carbocycles. The summed E-state index contributed by atoms with van der Waals surface area (Å²) < 4.78 is 0. The monoisotopic (exact) mass is 241 g/mol. The number of H-pyrrole nitrogens is 1. The van der Waals surface area contributed by atoms with Crippen molar-refractivity contribution in [2.75, 3.05) is 0 Å². The maximum Gasteiger partial charge on any atom is 0.331 e. The molecule has 0 aliphatic carbocycles. The molecule has 1 heterocycles. The molecule has 0 aliphatic heterocycles. The van der Waals surface area contributed by atoms with Crippen molar-refractivity contribution in [2.45, 2.75) is 13.3 Å². The van der Waals surface area contributed by atoms with Crippen molar-refractivity contribution in [3.63, 3.8) is 0 Å². The molecule has 0 amide bonds. The van der Waals surface area contributed by atoms with Crippen molar-refractivity contribution < 1.29 is 9.90 Å². The van der Waals surface area contributed by atoms with Gasteiger partial charge in [-0.2, -0.15) is 0 Å². The lowest BCUT2D eigenvalue weighted by atomic mass is 10.1. The van der Waals surface area contributed by atoms with E-state index in [4.69, 9.17) is 5.11 Å². The highest BCUT2D eigenvalue weighted by atomic mass is 16.4. The standard InChI is InChI=1S/C15H15NO2/c1-2-12(15(17)18)8-11-9-14(16-10-11)13-6-4-3-5-7-13/h3-10,16H,2H2,1H3,(H,17,18). The Bertz CT molecular complexity index is 567. The molecule has 18 heavy (non-hydrogen) atoms. The minimum absolute atomic E-state index is 0.411. The molecule has 0 bridgehead atoms. The fourth-order valence-corrected chi connectivity index (χ4v) is 1.80. The summed E-state index contributed by atoms with van der Waals surface area (Å²) in [7, 11) is 0. The fraction of sp³-hybridized carbons (Fsp3) is 0.133. The van der Waals surface area contributed by atoms with E-state index in [1.54, 1.807) is 6.08 Å². The molecule has 1 aromatic heterocycles. The van der Waals surface area contributed by atoms with Crippen molar-refractivity contribution in [3.05, 3.63) is 53.7 Å². The second kappa shape index (κ2) is 5.36. The zero-order valence-electron chi connectivity index (χ0n) is 10.2. The molecular weight excluding hydrogens is 226 g/mol. The Morgan fingerprint density at radius 3 is 2.67 bits per heavy atom. The van der Waals surface area contributed by atoms with E-state index in [1.807, 2.05) is 49.5 Å². The van der Waals surface area contributed by atoms with Crippen LogP contribution < -0.4 is 0 Å². The second-order valence-corrected chi connectivity index (χ2v) is 4.04. The van der Waals surface area contributed by atoms with Gasteiger partial charge in [0, 0.05) is 17.5 Å². The number of nitrogens with one attached hydrogen (secondary N) is 1. The minimum Gasteiger partial charge on any atom is -0.478 e. The first-order valence-corrected chi connectivity index (χ1v) is 5.88. The number of aliphatic carboxylic acids is 1. The Morgan fingerprint density at radius 2 is 2.06 bits per heavy atom. The van der Waals surface area contributed by atoms with Gasteiger partial charge in [0.2, 0.25) is 0 Å². The van der Waals surface area contributed by atoms with E-state index < -0.39 is 5.97 Å². The predicted octanol–water partition coefficient (Wildman–Crippen LogP) is 3.56. The SMILES string of the molecule is CCC(=Cc1c[nH]c(-c2ccccc2)c1)C(=O)O. The Balaban J connectivity index is 2.29. The van der Waals surface area contributed by atoms with Crippen LogP contribution in [0.15, 0.2) is 48.2 Å². The molecule has 0 radical (unpaired) electrons. The van der Waals surface area contributed by atoms with Crippen molar-refractivity contribution in [1.29, 1.82) is 0 Å². The highest BCUT2D eigenvalue weighted by Crippen LogP contribution is 2.20. The average molecular weight is 241 g/mol. The van der Waals surface area contributed by atoms with E-state index in [2.05, 4.69) is 4.98 Å². The zero-order chi connectivity index (χ0) is 13.0. The Labute approximate surface area is 106 Å². The van der Waals surface area contributed by atoms with Crippen LogP contribution in [0.1, 0.15) is 18.9 Å². The van der Waals surface area contributed by atoms with Crippen molar-refractivity contribution in [1.82, 2.24) is 4.98 Å². The van der Waals surface area contributed by atoms with Crippen LogP contribution in [0.4, 0.5) is 0 Å². The molecule has 3 nitrogen and oxygen atoms in total. The maximum absolute atomic E-state index is 10.9. The lowest BCUT2D eigenvalue weighted by Crippen LogP contribution is -1.98. The summed E-state index contributed by atoms with van der Waals surface area (Å²) in [6.07, 6.45) is 4.04. The van der Waals surface area contributed by atoms with Crippen LogP contribution in [0.3, 0.4) is 0 Å². The smallest absolute Gasteiger partial charge is 0.331 e. The minimum atomic E-state index is -0.861. The number of aromatic amines is 1. The predicted molar refractivity (Wildman–Crippen MR) is 72.1 cm³/mol. The largest absolute Gasteiger partial charge is 0.478 e. The molecule has 0 aliphatic rings. The van der Waals surface area contributed by atoms with Gasteiger partial charge in [0.25, 0.3) is 0 Å². The molecular formula is C15H15NO2. The number of carboxylic acids is 1.